The van der Waals surface area contributed by atoms with E-state index in [0.29, 0.717) is 5.92 Å². The van der Waals surface area contributed by atoms with Crippen LogP contribution in [0.3, 0.4) is 0 Å². The Morgan fingerprint density at radius 1 is 1.19 bits per heavy atom. The third kappa shape index (κ3) is 3.15. The number of nitrogens with one attached hydrogen (secondary N) is 1. The molecule has 110 valence electrons. The molecule has 1 aliphatic rings. The number of benzene rings is 1. The Morgan fingerprint density at radius 2 is 1.90 bits per heavy atom. The molecule has 1 unspecified atom stereocenters. The van der Waals surface area contributed by atoms with Crippen molar-refractivity contribution in [2.24, 2.45) is 5.92 Å². The van der Waals surface area contributed by atoms with Crippen molar-refractivity contribution in [1.29, 1.82) is 0 Å². The zero-order valence-electron chi connectivity index (χ0n) is 12.4. The van der Waals surface area contributed by atoms with Gasteiger partial charge < -0.3 is 10.2 Å². The van der Waals surface area contributed by atoms with Crippen molar-refractivity contribution in [3.63, 3.8) is 0 Å². The van der Waals surface area contributed by atoms with Crippen LogP contribution >= 0.6 is 0 Å². The number of anilines is 2. The average molecular weight is 285 g/mol. The van der Waals surface area contributed by atoms with Gasteiger partial charge in [0, 0.05) is 20.3 Å². The topological polar surface area (TPSA) is 28.2 Å². The first kappa shape index (κ1) is 13.9. The standard InChI is InChI=1S/C17H20FN3/c1-21(2)16-9-10-19-11-15(16)20-17(12-3-4-12)13-5-7-14(18)8-6-13/h5-12,17,20H,3-4H2,1-2H3. The van der Waals surface area contributed by atoms with Gasteiger partial charge in [0.1, 0.15) is 5.82 Å². The van der Waals surface area contributed by atoms with Crippen LogP contribution in [0.4, 0.5) is 15.8 Å². The Balaban J connectivity index is 1.88. The van der Waals surface area contributed by atoms with E-state index in [1.807, 2.05) is 38.5 Å². The molecule has 1 aliphatic carbocycles. The molecule has 0 radical (unpaired) electrons. The summed E-state index contributed by atoms with van der Waals surface area (Å²) in [6.45, 7) is 0. The lowest BCUT2D eigenvalue weighted by molar-refractivity contribution is 0.622. The van der Waals surface area contributed by atoms with E-state index in [1.165, 1.54) is 25.0 Å². The van der Waals surface area contributed by atoms with E-state index in [9.17, 15) is 4.39 Å². The average Bonchev–Trinajstić information content (AvgIpc) is 3.31. The summed E-state index contributed by atoms with van der Waals surface area (Å²) in [6, 6.07) is 9.02. The van der Waals surface area contributed by atoms with Gasteiger partial charge in [0.25, 0.3) is 0 Å². The number of hydrogen-bond acceptors (Lipinski definition) is 3. The molecule has 1 heterocycles. The van der Waals surface area contributed by atoms with Gasteiger partial charge >= 0.3 is 0 Å². The van der Waals surface area contributed by atoms with Gasteiger partial charge in [0.2, 0.25) is 0 Å². The highest BCUT2D eigenvalue weighted by Crippen LogP contribution is 2.43. The smallest absolute Gasteiger partial charge is 0.123 e. The number of pyridine rings is 1. The number of aromatic nitrogens is 1. The van der Waals surface area contributed by atoms with E-state index in [1.54, 1.807) is 6.20 Å². The SMILES string of the molecule is CN(C)c1ccncc1NC(c1ccc(F)cc1)C1CC1. The van der Waals surface area contributed by atoms with Crippen molar-refractivity contribution in [3.05, 3.63) is 54.1 Å². The van der Waals surface area contributed by atoms with Gasteiger partial charge in [-0.15, -0.1) is 0 Å². The van der Waals surface area contributed by atoms with Crippen LogP contribution in [-0.4, -0.2) is 19.1 Å². The number of hydrogen-bond donors (Lipinski definition) is 1. The molecule has 1 atom stereocenters. The molecule has 0 bridgehead atoms. The Morgan fingerprint density at radius 3 is 2.52 bits per heavy atom. The second kappa shape index (κ2) is 5.72. The molecule has 0 saturated heterocycles. The minimum absolute atomic E-state index is 0.191. The maximum absolute atomic E-state index is 13.1. The van der Waals surface area contributed by atoms with Crippen molar-refractivity contribution in [2.75, 3.05) is 24.3 Å². The third-order valence-corrected chi connectivity index (χ3v) is 3.91. The van der Waals surface area contributed by atoms with Crippen LogP contribution in [-0.2, 0) is 0 Å². The lowest BCUT2D eigenvalue weighted by atomic mass is 10.0. The van der Waals surface area contributed by atoms with Gasteiger partial charge in [-0.05, 0) is 42.5 Å². The predicted molar refractivity (Wildman–Crippen MR) is 84.1 cm³/mol. The molecule has 2 aromatic rings. The maximum atomic E-state index is 13.1. The first-order valence-electron chi connectivity index (χ1n) is 7.28. The van der Waals surface area contributed by atoms with E-state index < -0.39 is 0 Å². The fourth-order valence-corrected chi connectivity index (χ4v) is 2.63. The molecule has 3 rings (SSSR count). The normalized spacial score (nSPS) is 15.6. The first-order chi connectivity index (χ1) is 10.1. The van der Waals surface area contributed by atoms with Crippen LogP contribution in [0.15, 0.2) is 42.7 Å². The van der Waals surface area contributed by atoms with Crippen LogP contribution in [0.2, 0.25) is 0 Å². The van der Waals surface area contributed by atoms with Crippen LogP contribution in [0.5, 0.6) is 0 Å². The van der Waals surface area contributed by atoms with Crippen molar-refractivity contribution in [1.82, 2.24) is 4.98 Å². The Labute approximate surface area is 124 Å². The van der Waals surface area contributed by atoms with E-state index in [-0.39, 0.29) is 11.9 Å². The summed E-state index contributed by atoms with van der Waals surface area (Å²) in [4.78, 5) is 6.29. The third-order valence-electron chi connectivity index (χ3n) is 3.91. The fraction of sp³-hybridized carbons (Fsp3) is 0.353. The van der Waals surface area contributed by atoms with Crippen molar-refractivity contribution >= 4 is 11.4 Å². The highest BCUT2D eigenvalue weighted by atomic mass is 19.1. The molecule has 4 heteroatoms. The monoisotopic (exact) mass is 285 g/mol. The van der Waals surface area contributed by atoms with Crippen molar-refractivity contribution in [2.45, 2.75) is 18.9 Å². The molecule has 1 aromatic carbocycles. The minimum Gasteiger partial charge on any atom is -0.376 e. The number of rotatable bonds is 5. The van der Waals surface area contributed by atoms with Crippen LogP contribution in [0.1, 0.15) is 24.4 Å². The second-order valence-electron chi connectivity index (χ2n) is 5.80. The summed E-state index contributed by atoms with van der Waals surface area (Å²) in [5.41, 5.74) is 3.26. The molecule has 1 N–H and O–H groups in total. The van der Waals surface area contributed by atoms with Crippen molar-refractivity contribution < 1.29 is 4.39 Å². The molecular weight excluding hydrogens is 265 g/mol. The molecule has 1 aromatic heterocycles. The summed E-state index contributed by atoms with van der Waals surface area (Å²) in [6.07, 6.45) is 6.08. The minimum atomic E-state index is -0.191. The van der Waals surface area contributed by atoms with Crippen LogP contribution < -0.4 is 10.2 Å². The summed E-state index contributed by atoms with van der Waals surface area (Å²) in [5, 5.41) is 3.60. The Hall–Kier alpha value is -2.10. The molecule has 3 nitrogen and oxygen atoms in total. The van der Waals surface area contributed by atoms with E-state index in [4.69, 9.17) is 0 Å². The Bertz CT molecular complexity index is 606. The lowest BCUT2D eigenvalue weighted by Crippen LogP contribution is -2.17. The highest BCUT2D eigenvalue weighted by Gasteiger charge is 2.32. The molecule has 1 saturated carbocycles. The zero-order valence-corrected chi connectivity index (χ0v) is 12.4. The molecule has 21 heavy (non-hydrogen) atoms. The predicted octanol–water partition coefficient (Wildman–Crippen LogP) is 3.85. The molecule has 1 fully saturated rings. The molecule has 0 amide bonds. The van der Waals surface area contributed by atoms with Crippen LogP contribution in [0, 0.1) is 11.7 Å². The van der Waals surface area contributed by atoms with Gasteiger partial charge in [-0.1, -0.05) is 12.1 Å². The Kier molecular flexibility index (Phi) is 3.78. The maximum Gasteiger partial charge on any atom is 0.123 e. The lowest BCUT2D eigenvalue weighted by Gasteiger charge is -2.24. The van der Waals surface area contributed by atoms with Gasteiger partial charge in [0.05, 0.1) is 23.6 Å². The molecule has 0 aliphatic heterocycles. The zero-order chi connectivity index (χ0) is 14.8. The first-order valence-corrected chi connectivity index (χ1v) is 7.28. The van der Waals surface area contributed by atoms with E-state index >= 15 is 0 Å². The summed E-state index contributed by atoms with van der Waals surface area (Å²) >= 11 is 0. The quantitative estimate of drug-likeness (QED) is 0.904. The molecular formula is C17H20FN3. The highest BCUT2D eigenvalue weighted by molar-refractivity contribution is 5.68. The number of nitrogens with zero attached hydrogens (tertiary/aromatic N) is 2. The number of halogens is 1. The van der Waals surface area contributed by atoms with Crippen molar-refractivity contribution in [3.8, 4) is 0 Å². The van der Waals surface area contributed by atoms with Gasteiger partial charge in [0.15, 0.2) is 0 Å². The fourth-order valence-electron chi connectivity index (χ4n) is 2.63. The van der Waals surface area contributed by atoms with Gasteiger partial charge in [-0.3, -0.25) is 4.98 Å². The summed E-state index contributed by atoms with van der Waals surface area (Å²) < 4.78 is 13.1. The second-order valence-corrected chi connectivity index (χ2v) is 5.80. The van der Waals surface area contributed by atoms with Gasteiger partial charge in [-0.2, -0.15) is 0 Å². The molecule has 0 spiro atoms. The van der Waals surface area contributed by atoms with Crippen LogP contribution in [0.25, 0.3) is 0 Å². The summed E-state index contributed by atoms with van der Waals surface area (Å²) in [5.74, 6) is 0.425. The largest absolute Gasteiger partial charge is 0.376 e. The van der Waals surface area contributed by atoms with E-state index in [0.717, 1.165) is 16.9 Å². The van der Waals surface area contributed by atoms with E-state index in [2.05, 4.69) is 15.2 Å². The van der Waals surface area contributed by atoms with Gasteiger partial charge in [-0.25, -0.2) is 4.39 Å². The summed E-state index contributed by atoms with van der Waals surface area (Å²) in [7, 11) is 4.04.